The summed E-state index contributed by atoms with van der Waals surface area (Å²) in [5.74, 6) is -3.73. The average molecular weight is 1530 g/mol. The molecule has 8 rings (SSSR count). The zero-order chi connectivity index (χ0) is 80.0. The zero-order valence-corrected chi connectivity index (χ0v) is 61.7. The van der Waals surface area contributed by atoms with E-state index in [1.807, 2.05) is 19.9 Å². The van der Waals surface area contributed by atoms with E-state index in [1.165, 1.54) is 118 Å². The number of hydrogen-bond acceptors (Lipinski definition) is 25. The first-order valence-electron chi connectivity index (χ1n) is 35.1. The molecular formula is C73H88N16O21. The van der Waals surface area contributed by atoms with Gasteiger partial charge in [0, 0.05) is 62.3 Å². The molecule has 110 heavy (non-hydrogen) atoms. The number of anilines is 3. The molecule has 0 bridgehead atoms. The summed E-state index contributed by atoms with van der Waals surface area (Å²) in [6.07, 6.45) is 12.0. The molecule has 0 radical (unpaired) electrons. The smallest absolute Gasteiger partial charge is 0.484 e. The Hall–Kier alpha value is -12.8. The van der Waals surface area contributed by atoms with E-state index in [4.69, 9.17) is 23.7 Å². The summed E-state index contributed by atoms with van der Waals surface area (Å²) in [6, 6.07) is 21.3. The Bertz CT molecular complexity index is 4310. The highest BCUT2D eigenvalue weighted by molar-refractivity contribution is 6.13. The van der Waals surface area contributed by atoms with Gasteiger partial charge >= 0.3 is 24.1 Å². The molecule has 0 saturated heterocycles. The van der Waals surface area contributed by atoms with Crippen molar-refractivity contribution in [3.8, 4) is 17.2 Å². The predicted octanol–water partition coefficient (Wildman–Crippen LogP) is 7.84. The van der Waals surface area contributed by atoms with Crippen LogP contribution in [0.25, 0.3) is 0 Å². The van der Waals surface area contributed by atoms with Gasteiger partial charge in [0.1, 0.15) is 68.2 Å². The van der Waals surface area contributed by atoms with E-state index in [1.54, 1.807) is 62.4 Å². The minimum Gasteiger partial charge on any atom is -0.484 e. The number of hydrogen-bond donors (Lipinski definition) is 6. The second-order valence-corrected chi connectivity index (χ2v) is 25.9. The first kappa shape index (κ1) is 84.5. The summed E-state index contributed by atoms with van der Waals surface area (Å²) in [7, 11) is 4.40. The van der Waals surface area contributed by atoms with Gasteiger partial charge in [0.25, 0.3) is 29.3 Å². The number of amides is 9. The van der Waals surface area contributed by atoms with Crippen molar-refractivity contribution in [1.82, 2.24) is 49.8 Å². The van der Waals surface area contributed by atoms with Crippen LogP contribution in [0.3, 0.4) is 0 Å². The number of nitro benzene ring substituents is 1. The number of carbonyl (C=O) groups is 10. The zero-order valence-electron chi connectivity index (χ0n) is 61.7. The standard InChI is InChI=1S/C42H55N9O10.C31H33N7O11/c1-27(2)37(39(55)45-30-14-10-9-11-15-30)47-40(56)38(28(3)4)49(6)42(57)61-25-29-16-17-33(60-26-31-23-44-41(48(31)5)51(58)59)32(22-29)46-34(52)24-43-20-12-7-8-13-21-50-35(53)18-19-36(50)54;1-35-23(17-33-30(35)38(45)46)20-47-26-11-6-21(19-48-31(42)49-24-9-7-22(8-10-24)37(43)44)16-25(26)34-27(39)18-32-14-4-2-3-5-15-36-28(40)12-13-29(36)41/h9-11,14-19,22-23,27-28,37-38,43H,7-8,12-13,20-21,24-26H2,1-6H3,(H,45,55)(H,46,52)(H,47,56);6-13,16-17,32H,2-5,14-15,18-20H2,1H3,(H,34,39)/t37-,38-;/m0./s1. The quantitative estimate of drug-likeness (QED) is 0.00531. The molecule has 0 fully saturated rings. The van der Waals surface area contributed by atoms with Crippen LogP contribution in [-0.4, -0.2) is 166 Å². The molecule has 2 atom stereocenters. The number of para-hydroxylation sites is 1. The van der Waals surface area contributed by atoms with Crippen molar-refractivity contribution in [2.75, 3.05) is 62.3 Å². The number of carbonyl (C=O) groups excluding carboxylic acids is 10. The molecule has 4 aromatic carbocycles. The Labute approximate surface area is 631 Å². The number of ether oxygens (including phenoxy) is 5. The third kappa shape index (κ3) is 25.7. The van der Waals surface area contributed by atoms with Gasteiger partial charge in [-0.15, -0.1) is 0 Å². The summed E-state index contributed by atoms with van der Waals surface area (Å²) in [6.45, 7) is 8.21. The lowest BCUT2D eigenvalue weighted by Gasteiger charge is -2.31. The maximum Gasteiger partial charge on any atom is 0.514 e. The number of nitrogens with one attached hydrogen (secondary N) is 6. The SMILES string of the molecule is CC(C)[C@H](NC(=O)[C@H](C(C)C)N(C)C(=O)OCc1ccc(OCc2cnc([N+](=O)[O-])n2C)c(NC(=O)CNCCCCCCN2C(=O)C=CC2=O)c1)C(=O)Nc1ccccc1.Cn1c(COc2ccc(COC(=O)Oc3ccc([N+](=O)[O-])cc3)cc2NC(=O)CNCCCCCCN2C(=O)C=CC2=O)cnc1[N+](=O)[O-]. The van der Waals surface area contributed by atoms with Crippen molar-refractivity contribution in [3.05, 3.63) is 181 Å². The van der Waals surface area contributed by atoms with Crippen molar-refractivity contribution in [2.45, 2.75) is 118 Å². The number of rotatable bonds is 41. The molecule has 2 aliphatic heterocycles. The minimum absolute atomic E-state index is 0.0297. The van der Waals surface area contributed by atoms with Crippen molar-refractivity contribution >= 4 is 94.2 Å². The van der Waals surface area contributed by atoms with Crippen LogP contribution in [0.1, 0.15) is 102 Å². The van der Waals surface area contributed by atoms with Crippen LogP contribution in [0.15, 0.2) is 128 Å². The number of non-ortho nitro benzene ring substituents is 1. The van der Waals surface area contributed by atoms with E-state index in [2.05, 4.69) is 41.9 Å². The van der Waals surface area contributed by atoms with Crippen LogP contribution in [-0.2, 0) is 88.4 Å². The van der Waals surface area contributed by atoms with E-state index < -0.39 is 62.7 Å². The molecular weight excluding hydrogens is 1440 g/mol. The highest BCUT2D eigenvalue weighted by atomic mass is 16.7. The Morgan fingerprint density at radius 3 is 1.41 bits per heavy atom. The van der Waals surface area contributed by atoms with Crippen LogP contribution in [0.5, 0.6) is 17.2 Å². The molecule has 6 N–H and O–H groups in total. The number of unbranched alkanes of at least 4 members (excludes halogenated alkanes) is 6. The number of imidazole rings is 2. The van der Waals surface area contributed by atoms with Crippen molar-refractivity contribution in [3.63, 3.8) is 0 Å². The molecule has 4 heterocycles. The van der Waals surface area contributed by atoms with Crippen molar-refractivity contribution in [1.29, 1.82) is 0 Å². The molecule has 2 aromatic heterocycles. The molecule has 0 unspecified atom stereocenters. The van der Waals surface area contributed by atoms with E-state index in [9.17, 15) is 78.3 Å². The first-order chi connectivity index (χ1) is 52.6. The van der Waals surface area contributed by atoms with Crippen LogP contribution in [0.2, 0.25) is 0 Å². The topological polar surface area (TPSA) is 464 Å². The molecule has 586 valence electrons. The minimum atomic E-state index is -1.06. The number of likely N-dealkylation sites (N-methyl/N-ethyl adjacent to an activating group) is 1. The lowest BCUT2D eigenvalue weighted by Crippen LogP contribution is -2.56. The van der Waals surface area contributed by atoms with E-state index in [0.29, 0.717) is 67.2 Å². The van der Waals surface area contributed by atoms with Gasteiger partial charge in [-0.25, -0.2) is 18.7 Å². The van der Waals surface area contributed by atoms with Gasteiger partial charge in [-0.05, 0) is 120 Å². The van der Waals surface area contributed by atoms with E-state index in [-0.39, 0.29) is 121 Å². The Kier molecular flexibility index (Phi) is 32.2. The molecule has 6 aromatic rings. The van der Waals surface area contributed by atoms with Gasteiger partial charge < -0.3 is 75.8 Å². The highest BCUT2D eigenvalue weighted by Crippen LogP contribution is 2.31. The Balaban J connectivity index is 0.000000313. The molecule has 0 saturated carbocycles. The normalized spacial score (nSPS) is 12.8. The molecule has 9 amide bonds. The molecule has 0 aliphatic carbocycles. The molecule has 0 spiro atoms. The Morgan fingerprint density at radius 1 is 0.527 bits per heavy atom. The highest BCUT2D eigenvalue weighted by Gasteiger charge is 2.35. The van der Waals surface area contributed by atoms with Gasteiger partial charge in [-0.2, -0.15) is 0 Å². The summed E-state index contributed by atoms with van der Waals surface area (Å²) in [5, 5.41) is 50.6. The van der Waals surface area contributed by atoms with Gasteiger partial charge in [0.2, 0.25) is 23.6 Å². The van der Waals surface area contributed by atoms with Gasteiger partial charge in [0.05, 0.1) is 43.5 Å². The average Bonchev–Trinajstić information content (AvgIpc) is 1.57. The van der Waals surface area contributed by atoms with E-state index >= 15 is 0 Å². The molecule has 37 nitrogen and oxygen atoms in total. The van der Waals surface area contributed by atoms with Gasteiger partial charge in [-0.1, -0.05) is 93.7 Å². The second-order valence-electron chi connectivity index (χ2n) is 25.9. The number of nitro groups is 3. The summed E-state index contributed by atoms with van der Waals surface area (Å²) < 4.78 is 30.2. The summed E-state index contributed by atoms with van der Waals surface area (Å²) >= 11 is 0. The summed E-state index contributed by atoms with van der Waals surface area (Å²) in [4.78, 5) is 168. The van der Waals surface area contributed by atoms with Crippen molar-refractivity contribution < 1.29 is 86.4 Å². The van der Waals surface area contributed by atoms with Crippen LogP contribution in [0.4, 0.5) is 44.2 Å². The van der Waals surface area contributed by atoms with E-state index in [0.717, 1.165) is 38.5 Å². The Morgan fingerprint density at radius 2 is 0.982 bits per heavy atom. The maximum absolute atomic E-state index is 13.6. The fourth-order valence-corrected chi connectivity index (χ4v) is 11.1. The fraction of sp³-hybridized carbons (Fsp3) is 0.397. The van der Waals surface area contributed by atoms with Crippen LogP contribution >= 0.6 is 0 Å². The van der Waals surface area contributed by atoms with Crippen molar-refractivity contribution in [2.24, 2.45) is 25.9 Å². The third-order valence-electron chi connectivity index (χ3n) is 17.0. The fourth-order valence-electron chi connectivity index (χ4n) is 11.1. The van der Waals surface area contributed by atoms with Crippen LogP contribution in [0, 0.1) is 42.2 Å². The number of imide groups is 2. The van der Waals surface area contributed by atoms with Gasteiger partial charge in [0.15, 0.2) is 11.4 Å². The number of benzene rings is 4. The third-order valence-corrected chi connectivity index (χ3v) is 17.0. The van der Waals surface area contributed by atoms with Gasteiger partial charge in [-0.3, -0.25) is 63.2 Å². The lowest BCUT2D eigenvalue weighted by atomic mass is 9.99. The van der Waals surface area contributed by atoms with Crippen LogP contribution < -0.4 is 46.1 Å². The molecule has 2 aliphatic rings. The number of aromatic nitrogens is 4. The summed E-state index contributed by atoms with van der Waals surface area (Å²) in [5.41, 5.74) is 2.65. The monoisotopic (exact) mass is 1520 g/mol. The lowest BCUT2D eigenvalue weighted by molar-refractivity contribution is -0.396. The predicted molar refractivity (Wildman–Crippen MR) is 395 cm³/mol. The maximum atomic E-state index is 13.6. The first-order valence-corrected chi connectivity index (χ1v) is 35.1. The second kappa shape index (κ2) is 41.9. The molecule has 37 heteroatoms. The number of nitrogens with zero attached hydrogens (tertiary/aromatic N) is 10. The largest absolute Gasteiger partial charge is 0.514 e.